The number of nitrogens with one attached hydrogen (secondary N) is 3. The molecule has 1 atom stereocenters. The fraction of sp³-hybridized carbons (Fsp3) is 0.0714. The second kappa shape index (κ2) is 12.3. The minimum absolute atomic E-state index is 0.00814. The molecular weight excluding hydrogens is 551 g/mol. The zero-order valence-corrected chi connectivity index (χ0v) is 22.0. The van der Waals surface area contributed by atoms with Crippen molar-refractivity contribution in [2.24, 2.45) is 0 Å². The summed E-state index contributed by atoms with van der Waals surface area (Å²) in [5.41, 5.74) is 1.21. The van der Waals surface area contributed by atoms with Crippen molar-refractivity contribution in [1.29, 1.82) is 0 Å². The van der Waals surface area contributed by atoms with E-state index in [2.05, 4.69) is 16.0 Å². The number of hydrogen-bond donors (Lipinski definition) is 3. The van der Waals surface area contributed by atoms with Crippen LogP contribution in [0, 0.1) is 0 Å². The van der Waals surface area contributed by atoms with E-state index in [1.54, 1.807) is 24.3 Å². The van der Waals surface area contributed by atoms with E-state index in [9.17, 15) is 18.0 Å². The van der Waals surface area contributed by atoms with Gasteiger partial charge in [0, 0.05) is 16.3 Å². The van der Waals surface area contributed by atoms with Gasteiger partial charge in [-0.1, -0.05) is 66.2 Å². The number of para-hydroxylation sites is 1. The monoisotopic (exact) mass is 571 g/mol. The highest BCUT2D eigenvalue weighted by molar-refractivity contribution is 8.00. The van der Waals surface area contributed by atoms with Crippen molar-refractivity contribution in [1.82, 2.24) is 0 Å². The summed E-state index contributed by atoms with van der Waals surface area (Å²) in [5, 5.41) is 8.43. The number of halogens is 4. The number of benzene rings is 4. The molecule has 0 radical (unpaired) electrons. The van der Waals surface area contributed by atoms with Gasteiger partial charge in [0.25, 0.3) is 0 Å². The van der Waals surface area contributed by atoms with Gasteiger partial charge in [-0.2, -0.15) is 13.2 Å². The number of alkyl halides is 3. The summed E-state index contributed by atoms with van der Waals surface area (Å²) in [6, 6.07) is 28.6. The van der Waals surface area contributed by atoms with Crippen LogP contribution in [0.3, 0.4) is 0 Å². The van der Waals surface area contributed by atoms with Crippen molar-refractivity contribution >= 4 is 63.7 Å². The van der Waals surface area contributed by atoms with E-state index in [0.29, 0.717) is 16.4 Å². The van der Waals surface area contributed by atoms with Crippen LogP contribution >= 0.6 is 35.6 Å². The molecule has 0 bridgehead atoms. The Kier molecular flexibility index (Phi) is 8.93. The lowest BCUT2D eigenvalue weighted by molar-refractivity contribution is -0.137. The van der Waals surface area contributed by atoms with Gasteiger partial charge in [0.05, 0.1) is 16.3 Å². The molecule has 0 aromatic heterocycles. The van der Waals surface area contributed by atoms with E-state index >= 15 is 0 Å². The number of anilines is 3. The van der Waals surface area contributed by atoms with E-state index < -0.39 is 22.9 Å². The molecule has 3 N–H and O–H groups in total. The summed E-state index contributed by atoms with van der Waals surface area (Å²) < 4.78 is 39.7. The molecule has 0 spiro atoms. The van der Waals surface area contributed by atoms with Crippen LogP contribution in [0.1, 0.15) is 16.4 Å². The molecule has 0 saturated carbocycles. The zero-order valence-electron chi connectivity index (χ0n) is 19.6. The first-order chi connectivity index (χ1) is 18.2. The predicted octanol–water partition coefficient (Wildman–Crippen LogP) is 8.64. The van der Waals surface area contributed by atoms with Crippen LogP contribution in [0.15, 0.2) is 108 Å². The average Bonchev–Trinajstić information content (AvgIpc) is 2.89. The van der Waals surface area contributed by atoms with Crippen LogP contribution < -0.4 is 16.0 Å². The van der Waals surface area contributed by atoms with Gasteiger partial charge in [-0.15, -0.1) is 11.8 Å². The summed E-state index contributed by atoms with van der Waals surface area (Å²) in [6.07, 6.45) is -4.57. The largest absolute Gasteiger partial charge is 0.416 e. The molecule has 4 nitrogen and oxygen atoms in total. The van der Waals surface area contributed by atoms with E-state index in [1.807, 2.05) is 60.7 Å². The molecule has 194 valence electrons. The fourth-order valence-corrected chi connectivity index (χ4v) is 4.98. The van der Waals surface area contributed by atoms with Crippen molar-refractivity contribution in [3.63, 3.8) is 0 Å². The van der Waals surface area contributed by atoms with Crippen LogP contribution in [0.25, 0.3) is 0 Å². The first-order valence-corrected chi connectivity index (χ1v) is 13.0. The molecule has 4 aromatic carbocycles. The first kappa shape index (κ1) is 27.5. The van der Waals surface area contributed by atoms with Gasteiger partial charge >= 0.3 is 6.18 Å². The fourth-order valence-electron chi connectivity index (χ4n) is 3.49. The number of carbonyl (C=O) groups is 1. The molecule has 1 amide bonds. The van der Waals surface area contributed by atoms with E-state index in [4.69, 9.17) is 23.8 Å². The van der Waals surface area contributed by atoms with Crippen molar-refractivity contribution in [2.45, 2.75) is 16.3 Å². The summed E-state index contributed by atoms with van der Waals surface area (Å²) in [4.78, 5) is 14.1. The van der Waals surface area contributed by atoms with E-state index in [-0.39, 0.29) is 10.7 Å². The van der Waals surface area contributed by atoms with Gasteiger partial charge in [-0.25, -0.2) is 0 Å². The van der Waals surface area contributed by atoms with Crippen molar-refractivity contribution in [3.05, 3.63) is 119 Å². The van der Waals surface area contributed by atoms with Gasteiger partial charge in [0.2, 0.25) is 5.91 Å². The first-order valence-electron chi connectivity index (χ1n) is 11.3. The number of carbonyl (C=O) groups excluding carboxylic acids is 1. The Balaban J connectivity index is 1.54. The summed E-state index contributed by atoms with van der Waals surface area (Å²) in [7, 11) is 0. The molecule has 0 aliphatic rings. The molecular formula is C28H21ClF3N3OS2. The number of thioether (sulfide) groups is 1. The highest BCUT2D eigenvalue weighted by Gasteiger charge is 2.31. The SMILES string of the molecule is O=C(Nc1cc(C(F)(F)F)ccc1Cl)C(Sc1cccc(NC(=S)Nc2ccccc2)c1)c1ccccc1. The number of rotatable bonds is 7. The maximum atomic E-state index is 13.4. The third-order valence-electron chi connectivity index (χ3n) is 5.27. The molecule has 10 heteroatoms. The Bertz CT molecular complexity index is 1420. The molecule has 1 unspecified atom stereocenters. The summed E-state index contributed by atoms with van der Waals surface area (Å²) in [5.74, 6) is -0.512. The van der Waals surface area contributed by atoms with Crippen LogP contribution in [-0.2, 0) is 11.0 Å². The molecule has 0 fully saturated rings. The lowest BCUT2D eigenvalue weighted by Crippen LogP contribution is -2.20. The lowest BCUT2D eigenvalue weighted by atomic mass is 10.1. The molecule has 4 aromatic rings. The maximum absolute atomic E-state index is 13.4. The van der Waals surface area contributed by atoms with Gasteiger partial charge in [0.1, 0.15) is 5.25 Å². The van der Waals surface area contributed by atoms with Gasteiger partial charge < -0.3 is 16.0 Å². The Morgan fingerprint density at radius 3 is 2.11 bits per heavy atom. The quantitative estimate of drug-likeness (QED) is 0.153. The highest BCUT2D eigenvalue weighted by atomic mass is 35.5. The normalized spacial score (nSPS) is 11.9. The molecule has 0 heterocycles. The highest BCUT2D eigenvalue weighted by Crippen LogP contribution is 2.39. The third-order valence-corrected chi connectivity index (χ3v) is 7.05. The molecule has 38 heavy (non-hydrogen) atoms. The maximum Gasteiger partial charge on any atom is 0.416 e. The number of amides is 1. The van der Waals surface area contributed by atoms with E-state index in [1.165, 1.54) is 11.8 Å². The van der Waals surface area contributed by atoms with Crippen molar-refractivity contribution in [2.75, 3.05) is 16.0 Å². The zero-order chi connectivity index (χ0) is 27.1. The summed E-state index contributed by atoms with van der Waals surface area (Å²) in [6.45, 7) is 0. The summed E-state index contributed by atoms with van der Waals surface area (Å²) >= 11 is 12.8. The Labute approximate surface area is 232 Å². The lowest BCUT2D eigenvalue weighted by Gasteiger charge is -2.19. The van der Waals surface area contributed by atoms with Gasteiger partial charge in [-0.05, 0) is 66.3 Å². The molecule has 0 aliphatic heterocycles. The van der Waals surface area contributed by atoms with Crippen LogP contribution in [0.4, 0.5) is 30.2 Å². The number of hydrogen-bond acceptors (Lipinski definition) is 3. The van der Waals surface area contributed by atoms with Crippen LogP contribution in [0.2, 0.25) is 5.02 Å². The second-order valence-electron chi connectivity index (χ2n) is 8.06. The third kappa shape index (κ3) is 7.50. The smallest absolute Gasteiger partial charge is 0.332 e. The average molecular weight is 572 g/mol. The standard InChI is InChI=1S/C28H21ClF3N3OS2/c29-23-15-14-19(28(30,31)32)16-24(23)35-26(36)25(18-8-3-1-4-9-18)38-22-13-7-12-21(17-22)34-27(37)33-20-10-5-2-6-11-20/h1-17,25H,(H,35,36)(H2,33,34,37). The predicted molar refractivity (Wildman–Crippen MR) is 153 cm³/mol. The number of thiocarbonyl (C=S) groups is 1. The molecule has 0 saturated heterocycles. The van der Waals surface area contributed by atoms with Crippen molar-refractivity contribution < 1.29 is 18.0 Å². The van der Waals surface area contributed by atoms with E-state index in [0.717, 1.165) is 28.8 Å². The van der Waals surface area contributed by atoms with Crippen molar-refractivity contribution in [3.8, 4) is 0 Å². The molecule has 0 aliphatic carbocycles. The van der Waals surface area contributed by atoms with Gasteiger partial charge in [-0.3, -0.25) is 4.79 Å². The van der Waals surface area contributed by atoms with Crippen LogP contribution in [-0.4, -0.2) is 11.0 Å². The van der Waals surface area contributed by atoms with Gasteiger partial charge in [0.15, 0.2) is 5.11 Å². The topological polar surface area (TPSA) is 53.2 Å². The minimum atomic E-state index is -4.57. The minimum Gasteiger partial charge on any atom is -0.332 e. The van der Waals surface area contributed by atoms with Crippen LogP contribution in [0.5, 0.6) is 0 Å². The Morgan fingerprint density at radius 2 is 1.42 bits per heavy atom. The Hall–Kier alpha value is -3.53. The second-order valence-corrected chi connectivity index (χ2v) is 10.1. The molecule has 4 rings (SSSR count). The Morgan fingerprint density at radius 1 is 0.789 bits per heavy atom.